The van der Waals surface area contributed by atoms with Crippen LogP contribution in [0.25, 0.3) is 6.08 Å². The van der Waals surface area contributed by atoms with Gasteiger partial charge >= 0.3 is 6.03 Å². The van der Waals surface area contributed by atoms with E-state index in [1.165, 1.54) is 6.08 Å². The quantitative estimate of drug-likeness (QED) is 0.107. The number of barbiturate groups is 1. The van der Waals surface area contributed by atoms with E-state index in [0.717, 1.165) is 19.6 Å². The van der Waals surface area contributed by atoms with E-state index >= 15 is 0 Å². The van der Waals surface area contributed by atoms with Crippen LogP contribution >= 0.6 is 34.2 Å². The predicted octanol–water partition coefficient (Wildman–Crippen LogP) is 7.17. The molecule has 1 fully saturated rings. The third-order valence-corrected chi connectivity index (χ3v) is 7.44. The first kappa shape index (κ1) is 30.1. The standard InChI is InChI=1S/C33H26ClIN2O6/c1-2-41-29-18-23(17-28(35)30(29)43-20-21-6-4-3-5-7-21)16-27-31(38)36-33(40)37(32(27)39)25-12-14-26(15-13-25)42-19-22-8-10-24(34)11-9-22/h3-18H,2,19-20H2,1H3,(H,36,38,40)/b27-16+. The van der Waals surface area contributed by atoms with E-state index in [1.54, 1.807) is 48.5 Å². The molecule has 1 N–H and O–H groups in total. The van der Waals surface area contributed by atoms with Crippen molar-refractivity contribution < 1.29 is 28.6 Å². The summed E-state index contributed by atoms with van der Waals surface area (Å²) in [6.45, 7) is 2.91. The summed E-state index contributed by atoms with van der Waals surface area (Å²) in [5.41, 5.74) is 2.57. The number of anilines is 1. The minimum atomic E-state index is -0.837. The molecule has 4 aromatic carbocycles. The number of amides is 4. The molecule has 8 nitrogen and oxygen atoms in total. The molecule has 43 heavy (non-hydrogen) atoms. The molecule has 1 heterocycles. The van der Waals surface area contributed by atoms with Crippen LogP contribution in [0.1, 0.15) is 23.6 Å². The van der Waals surface area contributed by atoms with Crippen LogP contribution in [0.3, 0.4) is 0 Å². The van der Waals surface area contributed by atoms with E-state index in [2.05, 4.69) is 27.9 Å². The molecule has 4 aromatic rings. The molecule has 218 valence electrons. The third kappa shape index (κ3) is 7.36. The van der Waals surface area contributed by atoms with Gasteiger partial charge < -0.3 is 14.2 Å². The molecule has 1 aliphatic rings. The summed E-state index contributed by atoms with van der Waals surface area (Å²) < 4.78 is 18.4. The summed E-state index contributed by atoms with van der Waals surface area (Å²) in [7, 11) is 0. The number of rotatable bonds is 10. The molecule has 4 amide bonds. The van der Waals surface area contributed by atoms with E-state index in [-0.39, 0.29) is 11.3 Å². The van der Waals surface area contributed by atoms with Crippen LogP contribution in [0, 0.1) is 3.57 Å². The van der Waals surface area contributed by atoms with Gasteiger partial charge in [0.2, 0.25) is 0 Å². The molecule has 5 rings (SSSR count). The second kappa shape index (κ2) is 13.7. The van der Waals surface area contributed by atoms with E-state index in [9.17, 15) is 14.4 Å². The predicted molar refractivity (Wildman–Crippen MR) is 172 cm³/mol. The first-order chi connectivity index (χ1) is 20.8. The van der Waals surface area contributed by atoms with Crippen molar-refractivity contribution in [2.45, 2.75) is 20.1 Å². The fraction of sp³-hybridized carbons (Fsp3) is 0.121. The monoisotopic (exact) mass is 708 g/mol. The molecule has 0 spiro atoms. The molecule has 1 aliphatic heterocycles. The van der Waals surface area contributed by atoms with Gasteiger partial charge in [0.1, 0.15) is 24.5 Å². The Hall–Kier alpha value is -4.35. The van der Waals surface area contributed by atoms with Gasteiger partial charge in [-0.15, -0.1) is 0 Å². The van der Waals surface area contributed by atoms with E-state index in [4.69, 9.17) is 25.8 Å². The Kier molecular flexibility index (Phi) is 9.63. The number of benzene rings is 4. The normalized spacial score (nSPS) is 14.1. The maximum Gasteiger partial charge on any atom is 0.335 e. The Morgan fingerprint density at radius 1 is 0.837 bits per heavy atom. The molecule has 0 unspecified atom stereocenters. The van der Waals surface area contributed by atoms with E-state index < -0.39 is 17.8 Å². The number of nitrogens with one attached hydrogen (secondary N) is 1. The summed E-state index contributed by atoms with van der Waals surface area (Å²) in [4.78, 5) is 39.9. The number of carbonyl (C=O) groups excluding carboxylic acids is 3. The lowest BCUT2D eigenvalue weighted by atomic mass is 10.1. The number of imide groups is 2. The maximum absolute atomic E-state index is 13.5. The van der Waals surface area contributed by atoms with Crippen molar-refractivity contribution in [1.82, 2.24) is 5.32 Å². The molecule has 1 saturated heterocycles. The second-order valence-electron chi connectivity index (χ2n) is 9.40. The minimum Gasteiger partial charge on any atom is -0.490 e. The lowest BCUT2D eigenvalue weighted by Crippen LogP contribution is -2.54. The maximum atomic E-state index is 13.5. The third-order valence-electron chi connectivity index (χ3n) is 6.38. The van der Waals surface area contributed by atoms with Crippen molar-refractivity contribution in [2.24, 2.45) is 0 Å². The zero-order chi connectivity index (χ0) is 30.3. The molecule has 0 atom stereocenters. The number of ether oxygens (including phenoxy) is 3. The Morgan fingerprint density at radius 2 is 1.51 bits per heavy atom. The Labute approximate surface area is 267 Å². The smallest absolute Gasteiger partial charge is 0.335 e. The number of carbonyl (C=O) groups is 3. The largest absolute Gasteiger partial charge is 0.490 e. The molecule has 0 radical (unpaired) electrons. The molecule has 0 aliphatic carbocycles. The highest BCUT2D eigenvalue weighted by Gasteiger charge is 2.37. The molecule has 0 saturated carbocycles. The van der Waals surface area contributed by atoms with Gasteiger partial charge in [0.15, 0.2) is 11.5 Å². The van der Waals surface area contributed by atoms with Crippen molar-refractivity contribution in [2.75, 3.05) is 11.5 Å². The zero-order valence-electron chi connectivity index (χ0n) is 23.0. The lowest BCUT2D eigenvalue weighted by molar-refractivity contribution is -0.122. The van der Waals surface area contributed by atoms with Gasteiger partial charge in [-0.2, -0.15) is 0 Å². The van der Waals surface area contributed by atoms with Crippen molar-refractivity contribution in [3.63, 3.8) is 0 Å². The van der Waals surface area contributed by atoms with Gasteiger partial charge in [0, 0.05) is 5.02 Å². The van der Waals surface area contributed by atoms with E-state index in [1.807, 2.05) is 49.4 Å². The van der Waals surface area contributed by atoms with Gasteiger partial charge in [-0.3, -0.25) is 14.9 Å². The summed E-state index contributed by atoms with van der Waals surface area (Å²) >= 11 is 8.06. The van der Waals surface area contributed by atoms with Crippen LogP contribution in [0.2, 0.25) is 5.02 Å². The Morgan fingerprint density at radius 3 is 2.21 bits per heavy atom. The van der Waals surface area contributed by atoms with Gasteiger partial charge in [-0.25, -0.2) is 9.69 Å². The van der Waals surface area contributed by atoms with Gasteiger partial charge in [-0.1, -0.05) is 54.1 Å². The van der Waals surface area contributed by atoms with Crippen molar-refractivity contribution >= 4 is 63.8 Å². The Balaban J connectivity index is 1.35. The van der Waals surface area contributed by atoms with Crippen molar-refractivity contribution in [3.8, 4) is 17.2 Å². The highest BCUT2D eigenvalue weighted by atomic mass is 127. The lowest BCUT2D eigenvalue weighted by Gasteiger charge is -2.26. The summed E-state index contributed by atoms with van der Waals surface area (Å²) in [6, 6.07) is 26.1. The summed E-state index contributed by atoms with van der Waals surface area (Å²) in [5, 5.41) is 2.90. The summed E-state index contributed by atoms with van der Waals surface area (Å²) in [6.07, 6.45) is 1.44. The van der Waals surface area contributed by atoms with Crippen LogP contribution in [0.4, 0.5) is 10.5 Å². The van der Waals surface area contributed by atoms with E-state index in [0.29, 0.717) is 47.7 Å². The number of halogens is 2. The SMILES string of the molecule is CCOc1cc(/C=C2\C(=O)NC(=O)N(c3ccc(OCc4ccc(Cl)cc4)cc3)C2=O)cc(I)c1OCc1ccccc1. The van der Waals surface area contributed by atoms with Gasteiger partial charge in [0.05, 0.1) is 15.9 Å². The molecule has 0 aromatic heterocycles. The number of nitrogens with zero attached hydrogens (tertiary/aromatic N) is 1. The zero-order valence-corrected chi connectivity index (χ0v) is 25.9. The second-order valence-corrected chi connectivity index (χ2v) is 11.0. The van der Waals surface area contributed by atoms with Crippen LogP contribution in [-0.2, 0) is 22.8 Å². The number of urea groups is 1. The summed E-state index contributed by atoms with van der Waals surface area (Å²) in [5.74, 6) is 0.0431. The molecule has 0 bridgehead atoms. The van der Waals surface area contributed by atoms with Crippen LogP contribution in [0.5, 0.6) is 17.2 Å². The minimum absolute atomic E-state index is 0.195. The molecular formula is C33H26ClIN2O6. The van der Waals surface area contributed by atoms with Crippen LogP contribution < -0.4 is 24.4 Å². The van der Waals surface area contributed by atoms with Gasteiger partial charge in [0.25, 0.3) is 11.8 Å². The molecular weight excluding hydrogens is 683 g/mol. The topological polar surface area (TPSA) is 94.2 Å². The van der Waals surface area contributed by atoms with Crippen LogP contribution in [-0.4, -0.2) is 24.5 Å². The first-order valence-electron chi connectivity index (χ1n) is 13.3. The van der Waals surface area contributed by atoms with Crippen molar-refractivity contribution in [3.05, 3.63) is 122 Å². The average Bonchev–Trinajstić information content (AvgIpc) is 3.00. The number of hydrogen-bond acceptors (Lipinski definition) is 6. The van der Waals surface area contributed by atoms with Crippen molar-refractivity contribution in [1.29, 1.82) is 0 Å². The highest BCUT2D eigenvalue weighted by molar-refractivity contribution is 14.1. The number of hydrogen-bond donors (Lipinski definition) is 1. The highest BCUT2D eigenvalue weighted by Crippen LogP contribution is 2.36. The fourth-order valence-corrected chi connectivity index (χ4v) is 5.21. The fourth-order valence-electron chi connectivity index (χ4n) is 4.30. The first-order valence-corrected chi connectivity index (χ1v) is 14.8. The average molecular weight is 709 g/mol. The molecule has 10 heteroatoms. The van der Waals surface area contributed by atoms with Gasteiger partial charge in [-0.05, 0) is 101 Å². The van der Waals surface area contributed by atoms with Crippen LogP contribution in [0.15, 0.2) is 96.6 Å². The Bertz CT molecular complexity index is 1670.